The Labute approximate surface area is 149 Å². The van der Waals surface area contributed by atoms with E-state index in [4.69, 9.17) is 0 Å². The Morgan fingerprint density at radius 2 is 1.00 bits per heavy atom. The molecule has 0 spiro atoms. The van der Waals surface area contributed by atoms with Crippen LogP contribution in [-0.4, -0.2) is 47.8 Å². The molecule has 1 rings (SSSR count). The van der Waals surface area contributed by atoms with Crippen molar-refractivity contribution in [1.82, 2.24) is 9.80 Å². The molecule has 0 aromatic carbocycles. The van der Waals surface area contributed by atoms with Crippen LogP contribution in [0.1, 0.15) is 79.1 Å². The highest BCUT2D eigenvalue weighted by Gasteiger charge is 2.23. The van der Waals surface area contributed by atoms with Crippen LogP contribution < -0.4 is 0 Å². The average molecular weight is 339 g/mol. The summed E-state index contributed by atoms with van der Waals surface area (Å²) in [7, 11) is 0. The van der Waals surface area contributed by atoms with Gasteiger partial charge in [0.15, 0.2) is 0 Å². The molecule has 2 amide bonds. The second kappa shape index (κ2) is 11.5. The predicted molar refractivity (Wildman–Crippen MR) is 99.8 cm³/mol. The van der Waals surface area contributed by atoms with Crippen LogP contribution in [-0.2, 0) is 9.59 Å². The Hall–Kier alpha value is -1.06. The number of unbranched alkanes of at least 4 members (excludes halogenated alkanes) is 2. The Bertz CT molecular complexity index is 336. The van der Waals surface area contributed by atoms with Gasteiger partial charge in [-0.05, 0) is 24.7 Å². The van der Waals surface area contributed by atoms with Gasteiger partial charge in [-0.2, -0.15) is 0 Å². The quantitative estimate of drug-likeness (QED) is 0.563. The van der Waals surface area contributed by atoms with Crippen LogP contribution in [0.4, 0.5) is 0 Å². The van der Waals surface area contributed by atoms with Gasteiger partial charge in [0.25, 0.3) is 0 Å². The SMILES string of the molecule is CC(C)CCCCC(=O)N1CCN(C(=O)CCCCC(C)C)CC1. The van der Waals surface area contributed by atoms with Gasteiger partial charge in [0.05, 0.1) is 0 Å². The minimum absolute atomic E-state index is 0.266. The third-order valence-corrected chi connectivity index (χ3v) is 4.83. The number of piperazine rings is 1. The van der Waals surface area contributed by atoms with Gasteiger partial charge >= 0.3 is 0 Å². The van der Waals surface area contributed by atoms with Gasteiger partial charge < -0.3 is 9.80 Å². The second-order valence-corrected chi connectivity index (χ2v) is 8.04. The van der Waals surface area contributed by atoms with Crippen LogP contribution in [0.15, 0.2) is 0 Å². The molecular formula is C20H38N2O2. The molecule has 1 aliphatic heterocycles. The fourth-order valence-electron chi connectivity index (χ4n) is 3.18. The van der Waals surface area contributed by atoms with Gasteiger partial charge in [-0.1, -0.05) is 53.4 Å². The van der Waals surface area contributed by atoms with Crippen LogP contribution in [0.3, 0.4) is 0 Å². The monoisotopic (exact) mass is 338 g/mol. The van der Waals surface area contributed by atoms with E-state index >= 15 is 0 Å². The van der Waals surface area contributed by atoms with Crippen molar-refractivity contribution in [3.63, 3.8) is 0 Å². The van der Waals surface area contributed by atoms with Gasteiger partial charge in [-0.3, -0.25) is 9.59 Å². The number of hydrogen-bond acceptors (Lipinski definition) is 2. The van der Waals surface area contributed by atoms with E-state index in [9.17, 15) is 9.59 Å². The summed E-state index contributed by atoms with van der Waals surface area (Å²) >= 11 is 0. The molecule has 0 aromatic rings. The molecule has 0 aromatic heterocycles. The molecular weight excluding hydrogens is 300 g/mol. The normalized spacial score (nSPS) is 15.4. The van der Waals surface area contributed by atoms with Crippen LogP contribution in [0.2, 0.25) is 0 Å². The number of carbonyl (C=O) groups is 2. The molecule has 24 heavy (non-hydrogen) atoms. The minimum atomic E-state index is 0.266. The number of rotatable bonds is 10. The lowest BCUT2D eigenvalue weighted by molar-refractivity contribution is -0.139. The lowest BCUT2D eigenvalue weighted by Gasteiger charge is -2.35. The largest absolute Gasteiger partial charge is 0.339 e. The zero-order valence-corrected chi connectivity index (χ0v) is 16.4. The summed E-state index contributed by atoms with van der Waals surface area (Å²) in [5.41, 5.74) is 0. The third-order valence-electron chi connectivity index (χ3n) is 4.83. The smallest absolute Gasteiger partial charge is 0.222 e. The Morgan fingerprint density at radius 3 is 1.29 bits per heavy atom. The topological polar surface area (TPSA) is 40.6 Å². The molecule has 140 valence electrons. The van der Waals surface area contributed by atoms with Crippen molar-refractivity contribution < 1.29 is 9.59 Å². The molecule has 1 saturated heterocycles. The maximum absolute atomic E-state index is 12.2. The van der Waals surface area contributed by atoms with Crippen molar-refractivity contribution >= 4 is 11.8 Å². The van der Waals surface area contributed by atoms with Crippen molar-refractivity contribution in [2.45, 2.75) is 79.1 Å². The van der Waals surface area contributed by atoms with Gasteiger partial charge in [0.1, 0.15) is 0 Å². The summed E-state index contributed by atoms with van der Waals surface area (Å²) < 4.78 is 0. The van der Waals surface area contributed by atoms with Crippen molar-refractivity contribution in [1.29, 1.82) is 0 Å². The first kappa shape index (κ1) is 21.0. The molecule has 0 atom stereocenters. The molecule has 0 unspecified atom stereocenters. The molecule has 4 nitrogen and oxygen atoms in total. The fraction of sp³-hybridized carbons (Fsp3) is 0.900. The van der Waals surface area contributed by atoms with Crippen molar-refractivity contribution in [3.05, 3.63) is 0 Å². The van der Waals surface area contributed by atoms with Gasteiger partial charge in [-0.15, -0.1) is 0 Å². The summed E-state index contributed by atoms with van der Waals surface area (Å²) in [6.45, 7) is 11.7. The fourth-order valence-corrected chi connectivity index (χ4v) is 3.18. The molecule has 1 aliphatic rings. The summed E-state index contributed by atoms with van der Waals surface area (Å²) in [5.74, 6) is 1.97. The van der Waals surface area contributed by atoms with E-state index in [2.05, 4.69) is 27.7 Å². The van der Waals surface area contributed by atoms with E-state index in [1.54, 1.807) is 0 Å². The maximum Gasteiger partial charge on any atom is 0.222 e. The van der Waals surface area contributed by atoms with Gasteiger partial charge in [-0.25, -0.2) is 0 Å². The zero-order chi connectivity index (χ0) is 17.9. The summed E-state index contributed by atoms with van der Waals surface area (Å²) in [6, 6.07) is 0. The molecule has 0 aliphatic carbocycles. The van der Waals surface area contributed by atoms with E-state index in [0.717, 1.165) is 37.5 Å². The Kier molecular flexibility index (Phi) is 10.0. The Balaban J connectivity index is 2.16. The van der Waals surface area contributed by atoms with Crippen LogP contribution >= 0.6 is 0 Å². The first-order chi connectivity index (χ1) is 11.4. The average Bonchev–Trinajstić information content (AvgIpc) is 2.55. The van der Waals surface area contributed by atoms with E-state index in [-0.39, 0.29) is 11.8 Å². The lowest BCUT2D eigenvalue weighted by atomic mass is 10.0. The molecule has 1 fully saturated rings. The summed E-state index contributed by atoms with van der Waals surface area (Å²) in [6.07, 6.45) is 7.99. The number of hydrogen-bond donors (Lipinski definition) is 0. The highest BCUT2D eigenvalue weighted by atomic mass is 16.2. The third kappa shape index (κ3) is 8.70. The van der Waals surface area contributed by atoms with Crippen LogP contribution in [0.5, 0.6) is 0 Å². The lowest BCUT2D eigenvalue weighted by Crippen LogP contribution is -2.50. The summed E-state index contributed by atoms with van der Waals surface area (Å²) in [4.78, 5) is 28.3. The first-order valence-corrected chi connectivity index (χ1v) is 9.95. The second-order valence-electron chi connectivity index (χ2n) is 8.04. The molecule has 1 heterocycles. The van der Waals surface area contributed by atoms with Crippen LogP contribution in [0.25, 0.3) is 0 Å². The van der Waals surface area contributed by atoms with Gasteiger partial charge in [0, 0.05) is 39.0 Å². The molecule has 0 N–H and O–H groups in total. The summed E-state index contributed by atoms with van der Waals surface area (Å²) in [5, 5.41) is 0. The molecule has 4 heteroatoms. The van der Waals surface area contributed by atoms with Crippen molar-refractivity contribution in [2.24, 2.45) is 11.8 Å². The van der Waals surface area contributed by atoms with E-state index in [1.165, 1.54) is 12.8 Å². The molecule has 0 bridgehead atoms. The van der Waals surface area contributed by atoms with Crippen molar-refractivity contribution in [3.8, 4) is 0 Å². The van der Waals surface area contributed by atoms with Crippen LogP contribution in [0, 0.1) is 11.8 Å². The van der Waals surface area contributed by atoms with E-state index in [0.29, 0.717) is 39.0 Å². The van der Waals surface area contributed by atoms with Gasteiger partial charge in [0.2, 0.25) is 11.8 Å². The molecule has 0 saturated carbocycles. The maximum atomic E-state index is 12.2. The number of amides is 2. The standard InChI is InChI=1S/C20H38N2O2/c1-17(2)9-5-7-11-19(23)21-13-15-22(16-14-21)20(24)12-8-6-10-18(3)4/h17-18H,5-16H2,1-4H3. The first-order valence-electron chi connectivity index (χ1n) is 9.95. The highest BCUT2D eigenvalue weighted by Crippen LogP contribution is 2.13. The Morgan fingerprint density at radius 1 is 0.667 bits per heavy atom. The predicted octanol–water partition coefficient (Wildman–Crippen LogP) is 4.09. The number of nitrogens with zero attached hydrogens (tertiary/aromatic N) is 2. The molecule has 0 radical (unpaired) electrons. The zero-order valence-electron chi connectivity index (χ0n) is 16.4. The van der Waals surface area contributed by atoms with E-state index in [1.807, 2.05) is 9.80 Å². The van der Waals surface area contributed by atoms with E-state index < -0.39 is 0 Å². The number of carbonyl (C=O) groups excluding carboxylic acids is 2. The highest BCUT2D eigenvalue weighted by molar-refractivity contribution is 5.78. The van der Waals surface area contributed by atoms with Crippen molar-refractivity contribution in [2.75, 3.05) is 26.2 Å². The minimum Gasteiger partial charge on any atom is -0.339 e.